The third-order valence-electron chi connectivity index (χ3n) is 0.303. The van der Waals surface area contributed by atoms with Gasteiger partial charge in [0.25, 0.3) is 0 Å². The lowest BCUT2D eigenvalue weighted by Crippen LogP contribution is -2.12. The maximum absolute atomic E-state index is 5.06. The standard InChI is InChI=1S/C4H8N/c1-3-4(2)5/h1,4H,2-3,5H2. The van der Waals surface area contributed by atoms with Crippen LogP contribution in [0.1, 0.15) is 6.42 Å². The van der Waals surface area contributed by atoms with E-state index in [1.54, 1.807) is 0 Å². The van der Waals surface area contributed by atoms with Crippen LogP contribution in [0.5, 0.6) is 0 Å². The van der Waals surface area contributed by atoms with Crippen LogP contribution >= 0.6 is 0 Å². The van der Waals surface area contributed by atoms with Gasteiger partial charge in [-0.05, 0) is 20.3 Å². The third kappa shape index (κ3) is 3.96. The van der Waals surface area contributed by atoms with Gasteiger partial charge < -0.3 is 5.73 Å². The van der Waals surface area contributed by atoms with Crippen LogP contribution in [0.4, 0.5) is 0 Å². The summed E-state index contributed by atoms with van der Waals surface area (Å²) in [5.41, 5.74) is 5.06. The Kier molecular flexibility index (Phi) is 2.19. The first-order valence-electron chi connectivity index (χ1n) is 1.56. The van der Waals surface area contributed by atoms with Gasteiger partial charge in [0.2, 0.25) is 0 Å². The fourth-order valence-corrected chi connectivity index (χ4v) is 0. The van der Waals surface area contributed by atoms with E-state index >= 15 is 0 Å². The highest BCUT2D eigenvalue weighted by Crippen LogP contribution is 1.75. The van der Waals surface area contributed by atoms with Crippen LogP contribution in [-0.2, 0) is 0 Å². The Morgan fingerprint density at radius 3 is 2.20 bits per heavy atom. The van der Waals surface area contributed by atoms with Gasteiger partial charge in [-0.15, -0.1) is 0 Å². The molecule has 2 N–H and O–H groups in total. The maximum Gasteiger partial charge on any atom is 0.00422 e. The zero-order valence-corrected chi connectivity index (χ0v) is 3.15. The number of hydrogen-bond acceptors (Lipinski definition) is 1. The predicted molar refractivity (Wildman–Crippen MR) is 22.2 cm³/mol. The van der Waals surface area contributed by atoms with E-state index in [-0.39, 0.29) is 6.04 Å². The molecule has 0 rings (SSSR count). The van der Waals surface area contributed by atoms with E-state index in [9.17, 15) is 0 Å². The van der Waals surface area contributed by atoms with Gasteiger partial charge in [0, 0.05) is 6.04 Å². The van der Waals surface area contributed by atoms with Crippen molar-refractivity contribution in [2.24, 2.45) is 5.73 Å². The van der Waals surface area contributed by atoms with Crippen LogP contribution in [0, 0.1) is 13.8 Å². The second-order valence-corrected chi connectivity index (χ2v) is 0.996. The first-order chi connectivity index (χ1) is 2.27. The Morgan fingerprint density at radius 2 is 2.20 bits per heavy atom. The Morgan fingerprint density at radius 1 is 2.00 bits per heavy atom. The van der Waals surface area contributed by atoms with Gasteiger partial charge in [-0.1, -0.05) is 0 Å². The average Bonchev–Trinajstić information content (AvgIpc) is 1.38. The van der Waals surface area contributed by atoms with Gasteiger partial charge in [-0.25, -0.2) is 0 Å². The molecule has 1 heteroatoms. The van der Waals surface area contributed by atoms with E-state index in [4.69, 9.17) is 12.7 Å². The molecule has 0 aromatic heterocycles. The molecule has 3 radical (unpaired) electrons. The highest BCUT2D eigenvalue weighted by atomic mass is 14.6. The van der Waals surface area contributed by atoms with Gasteiger partial charge in [-0.2, -0.15) is 0 Å². The topological polar surface area (TPSA) is 26.0 Å². The Labute approximate surface area is 33.2 Å². The molecule has 0 saturated heterocycles. The van der Waals surface area contributed by atoms with Crippen LogP contribution in [0.15, 0.2) is 0 Å². The molecule has 0 fully saturated rings. The lowest BCUT2D eigenvalue weighted by Gasteiger charge is -1.91. The quantitative estimate of drug-likeness (QED) is 0.470. The van der Waals surface area contributed by atoms with Gasteiger partial charge in [0.1, 0.15) is 0 Å². The van der Waals surface area contributed by atoms with Gasteiger partial charge >= 0.3 is 0 Å². The van der Waals surface area contributed by atoms with Crippen molar-refractivity contribution in [3.8, 4) is 0 Å². The maximum atomic E-state index is 5.06. The Bertz CT molecular complexity index is 17.6. The van der Waals surface area contributed by atoms with Crippen LogP contribution in [0.25, 0.3) is 0 Å². The van der Waals surface area contributed by atoms with Crippen molar-refractivity contribution >= 4 is 0 Å². The van der Waals surface area contributed by atoms with Crippen molar-refractivity contribution in [1.29, 1.82) is 0 Å². The number of rotatable bonds is 1. The molecule has 0 aliphatic heterocycles. The zero-order valence-electron chi connectivity index (χ0n) is 3.15. The molecular formula is C4H8N. The van der Waals surface area contributed by atoms with Crippen molar-refractivity contribution in [3.63, 3.8) is 0 Å². The molecule has 1 atom stereocenters. The summed E-state index contributed by atoms with van der Waals surface area (Å²) in [6, 6.07) is -0.0880. The molecule has 0 aromatic carbocycles. The molecule has 0 aliphatic rings. The second kappa shape index (κ2) is 2.21. The van der Waals surface area contributed by atoms with Crippen LogP contribution in [-0.4, -0.2) is 6.04 Å². The fraction of sp³-hybridized carbons (Fsp3) is 0.500. The summed E-state index contributed by atoms with van der Waals surface area (Å²) in [5, 5.41) is 0. The predicted octanol–water partition coefficient (Wildman–Crippen LogP) is 0.249. The minimum Gasteiger partial charge on any atom is -0.328 e. The van der Waals surface area contributed by atoms with Gasteiger partial charge in [-0.3, -0.25) is 0 Å². The minimum absolute atomic E-state index is 0.0880. The van der Waals surface area contributed by atoms with E-state index in [1.165, 1.54) is 0 Å². The van der Waals surface area contributed by atoms with Crippen molar-refractivity contribution < 1.29 is 0 Å². The normalized spacial score (nSPS) is 15.0. The number of nitrogens with two attached hydrogens (primary N) is 1. The molecule has 1 nitrogen and oxygen atoms in total. The molecule has 0 saturated carbocycles. The minimum atomic E-state index is -0.0880. The van der Waals surface area contributed by atoms with E-state index in [1.807, 2.05) is 0 Å². The SMILES string of the molecule is [CH]CC([CH2])N. The highest BCUT2D eigenvalue weighted by Gasteiger charge is 1.80. The molecule has 0 aromatic rings. The smallest absolute Gasteiger partial charge is 0.00422 e. The van der Waals surface area contributed by atoms with Crippen molar-refractivity contribution in [1.82, 2.24) is 0 Å². The summed E-state index contributed by atoms with van der Waals surface area (Å²) in [6.45, 7) is 8.39. The Hall–Kier alpha value is -0.0400. The first-order valence-corrected chi connectivity index (χ1v) is 1.56. The molecule has 0 spiro atoms. The molecule has 1 unspecified atom stereocenters. The summed E-state index contributed by atoms with van der Waals surface area (Å²) >= 11 is 0. The fourth-order valence-electron chi connectivity index (χ4n) is 0. The van der Waals surface area contributed by atoms with Crippen molar-refractivity contribution in [2.75, 3.05) is 0 Å². The molecule has 0 aliphatic carbocycles. The lowest BCUT2D eigenvalue weighted by molar-refractivity contribution is 0.828. The van der Waals surface area contributed by atoms with E-state index < -0.39 is 0 Å². The monoisotopic (exact) mass is 70.1 g/mol. The van der Waals surface area contributed by atoms with Crippen LogP contribution < -0.4 is 5.73 Å². The molecule has 0 heterocycles. The van der Waals surface area contributed by atoms with Gasteiger partial charge in [0.05, 0.1) is 0 Å². The molecule has 29 valence electrons. The molecule has 0 amide bonds. The summed E-state index contributed by atoms with van der Waals surface area (Å²) < 4.78 is 0. The molecule has 0 bridgehead atoms. The zero-order chi connectivity index (χ0) is 4.28. The summed E-state index contributed by atoms with van der Waals surface area (Å²) in [4.78, 5) is 0. The van der Waals surface area contributed by atoms with E-state index in [2.05, 4.69) is 6.92 Å². The summed E-state index contributed by atoms with van der Waals surface area (Å²) in [5.74, 6) is 0. The summed E-state index contributed by atoms with van der Waals surface area (Å²) in [6.07, 6.45) is 0.472. The summed E-state index contributed by atoms with van der Waals surface area (Å²) in [7, 11) is 0. The first kappa shape index (κ1) is 4.96. The average molecular weight is 70.1 g/mol. The van der Waals surface area contributed by atoms with E-state index in [0.717, 1.165) is 0 Å². The van der Waals surface area contributed by atoms with Crippen molar-refractivity contribution in [3.05, 3.63) is 13.8 Å². The number of hydrogen-bond donors (Lipinski definition) is 1. The van der Waals surface area contributed by atoms with Crippen LogP contribution in [0.2, 0.25) is 0 Å². The highest BCUT2D eigenvalue weighted by molar-refractivity contribution is 4.61. The largest absolute Gasteiger partial charge is 0.328 e. The Balaban J connectivity index is 2.54. The van der Waals surface area contributed by atoms with Crippen molar-refractivity contribution in [2.45, 2.75) is 12.5 Å². The van der Waals surface area contributed by atoms with Gasteiger partial charge in [0.15, 0.2) is 0 Å². The second-order valence-electron chi connectivity index (χ2n) is 0.996. The van der Waals surface area contributed by atoms with Crippen LogP contribution in [0.3, 0.4) is 0 Å². The lowest BCUT2D eigenvalue weighted by atomic mass is 10.3. The third-order valence-corrected chi connectivity index (χ3v) is 0.303. The molecular weight excluding hydrogens is 62.1 g/mol. The molecule has 5 heavy (non-hydrogen) atoms. The van der Waals surface area contributed by atoms with E-state index in [0.29, 0.717) is 6.42 Å².